The van der Waals surface area contributed by atoms with Crippen LogP contribution < -0.4 is 10.1 Å². The average molecular weight is 451 g/mol. The van der Waals surface area contributed by atoms with E-state index < -0.39 is 15.9 Å². The number of nitrogens with one attached hydrogen (secondary N) is 1. The van der Waals surface area contributed by atoms with E-state index in [1.807, 2.05) is 38.1 Å². The normalized spacial score (nSPS) is 18.6. The molecule has 1 heterocycles. The number of hydrogen-bond acceptors (Lipinski definition) is 4. The number of halogens is 1. The maximum atomic E-state index is 12.9. The monoisotopic (exact) mass is 450 g/mol. The lowest BCUT2D eigenvalue weighted by molar-refractivity contribution is -0.126. The Morgan fingerprint density at radius 3 is 2.70 bits per heavy atom. The van der Waals surface area contributed by atoms with Crippen LogP contribution in [0.5, 0.6) is 5.75 Å². The fourth-order valence-corrected chi connectivity index (χ4v) is 5.24. The topological polar surface area (TPSA) is 75.7 Å². The summed E-state index contributed by atoms with van der Waals surface area (Å²) in [5.41, 5.74) is 0.941. The van der Waals surface area contributed by atoms with Crippen molar-refractivity contribution in [3.05, 3.63) is 59.1 Å². The minimum Gasteiger partial charge on any atom is -0.494 e. The molecule has 1 saturated heterocycles. The highest BCUT2D eigenvalue weighted by Crippen LogP contribution is 2.26. The van der Waals surface area contributed by atoms with E-state index >= 15 is 0 Å². The van der Waals surface area contributed by atoms with Gasteiger partial charge in [0.25, 0.3) is 0 Å². The minimum absolute atomic E-state index is 0.139. The molecule has 0 aromatic heterocycles. The summed E-state index contributed by atoms with van der Waals surface area (Å²) in [5.74, 6) is 0.229. The van der Waals surface area contributed by atoms with E-state index in [4.69, 9.17) is 16.3 Å². The Kier molecular flexibility index (Phi) is 7.39. The van der Waals surface area contributed by atoms with Crippen LogP contribution in [0.3, 0.4) is 0 Å². The van der Waals surface area contributed by atoms with Crippen LogP contribution in [-0.4, -0.2) is 38.3 Å². The van der Waals surface area contributed by atoms with Gasteiger partial charge < -0.3 is 10.1 Å². The second-order valence-corrected chi connectivity index (χ2v) is 9.77. The summed E-state index contributed by atoms with van der Waals surface area (Å²) in [6.07, 6.45) is 1.29. The lowest BCUT2D eigenvalue weighted by Gasteiger charge is -2.32. The highest BCUT2D eigenvalue weighted by molar-refractivity contribution is 7.89. The first-order valence-corrected chi connectivity index (χ1v) is 11.9. The predicted molar refractivity (Wildman–Crippen MR) is 117 cm³/mol. The Bertz CT molecular complexity index is 979. The van der Waals surface area contributed by atoms with Gasteiger partial charge in [-0.15, -0.1) is 0 Å². The highest BCUT2D eigenvalue weighted by Gasteiger charge is 2.33. The molecule has 0 aliphatic carbocycles. The Hall–Kier alpha value is -2.09. The van der Waals surface area contributed by atoms with Crippen molar-refractivity contribution >= 4 is 27.5 Å². The molecule has 2 atom stereocenters. The van der Waals surface area contributed by atoms with E-state index in [0.29, 0.717) is 31.0 Å². The Balaban J connectivity index is 1.66. The molecule has 1 amide bonds. The van der Waals surface area contributed by atoms with Crippen LogP contribution in [0.4, 0.5) is 0 Å². The molecule has 0 spiro atoms. The molecule has 0 radical (unpaired) electrons. The molecular weight excluding hydrogens is 424 g/mol. The molecule has 0 saturated carbocycles. The Labute approximate surface area is 183 Å². The maximum Gasteiger partial charge on any atom is 0.243 e. The third-order valence-electron chi connectivity index (χ3n) is 5.23. The first-order valence-electron chi connectivity index (χ1n) is 10.1. The van der Waals surface area contributed by atoms with Crippen LogP contribution in [0, 0.1) is 5.92 Å². The quantitative estimate of drug-likeness (QED) is 0.691. The van der Waals surface area contributed by atoms with Crippen LogP contribution in [0.15, 0.2) is 53.4 Å². The molecule has 2 aromatic rings. The second kappa shape index (κ2) is 9.81. The third kappa shape index (κ3) is 5.33. The SMILES string of the molecule is CCOc1cccc(C(C)NC(=O)C2CCCN(S(=O)(=O)c3ccc(Cl)cc3)C2)c1. The molecule has 8 heteroatoms. The standard InChI is InChI=1S/C22H27ClN2O4S/c1-3-29-20-8-4-6-17(14-20)16(2)24-22(26)18-7-5-13-25(15-18)30(27,28)21-11-9-19(23)10-12-21/h4,6,8-12,14,16,18H,3,5,7,13,15H2,1-2H3,(H,24,26). The number of ether oxygens (including phenoxy) is 1. The number of carbonyl (C=O) groups excluding carboxylic acids is 1. The van der Waals surface area contributed by atoms with E-state index in [2.05, 4.69) is 5.32 Å². The van der Waals surface area contributed by atoms with Gasteiger partial charge in [0.2, 0.25) is 15.9 Å². The van der Waals surface area contributed by atoms with Gasteiger partial charge in [-0.05, 0) is 68.7 Å². The first-order chi connectivity index (χ1) is 14.3. The second-order valence-electron chi connectivity index (χ2n) is 7.39. The van der Waals surface area contributed by atoms with Crippen molar-refractivity contribution < 1.29 is 17.9 Å². The van der Waals surface area contributed by atoms with E-state index in [-0.39, 0.29) is 23.4 Å². The van der Waals surface area contributed by atoms with Crippen molar-refractivity contribution in [1.82, 2.24) is 9.62 Å². The summed E-state index contributed by atoms with van der Waals surface area (Å²) < 4.78 is 32.8. The van der Waals surface area contributed by atoms with Crippen LogP contribution in [0.25, 0.3) is 0 Å². The number of rotatable bonds is 7. The first kappa shape index (κ1) is 22.6. The highest BCUT2D eigenvalue weighted by atomic mass is 35.5. The number of carbonyl (C=O) groups is 1. The minimum atomic E-state index is -3.66. The molecule has 6 nitrogen and oxygen atoms in total. The zero-order valence-corrected chi connectivity index (χ0v) is 18.7. The van der Waals surface area contributed by atoms with Crippen LogP contribution in [-0.2, 0) is 14.8 Å². The molecule has 2 unspecified atom stereocenters. The molecule has 2 aromatic carbocycles. The van der Waals surface area contributed by atoms with Crippen LogP contribution in [0.1, 0.15) is 38.3 Å². The van der Waals surface area contributed by atoms with Crippen LogP contribution in [0.2, 0.25) is 5.02 Å². The van der Waals surface area contributed by atoms with E-state index in [1.165, 1.54) is 16.4 Å². The molecule has 1 aliphatic rings. The number of hydrogen-bond donors (Lipinski definition) is 1. The largest absolute Gasteiger partial charge is 0.494 e. The summed E-state index contributed by atoms with van der Waals surface area (Å²) in [5, 5.41) is 3.50. The number of nitrogens with zero attached hydrogens (tertiary/aromatic N) is 1. The Morgan fingerprint density at radius 1 is 1.27 bits per heavy atom. The summed E-state index contributed by atoms with van der Waals surface area (Å²) in [4.78, 5) is 13.1. The third-order valence-corrected chi connectivity index (χ3v) is 7.37. The zero-order valence-electron chi connectivity index (χ0n) is 17.2. The summed E-state index contributed by atoms with van der Waals surface area (Å²) in [7, 11) is -3.66. The van der Waals surface area contributed by atoms with Gasteiger partial charge in [-0.25, -0.2) is 8.42 Å². The fraction of sp³-hybridized carbons (Fsp3) is 0.409. The summed E-state index contributed by atoms with van der Waals surface area (Å²) >= 11 is 5.87. The number of piperidine rings is 1. The molecule has 162 valence electrons. The van der Waals surface area contributed by atoms with E-state index in [1.54, 1.807) is 12.1 Å². The van der Waals surface area contributed by atoms with Crippen molar-refractivity contribution in [2.75, 3.05) is 19.7 Å². The number of benzene rings is 2. The van der Waals surface area contributed by atoms with Gasteiger partial charge in [-0.1, -0.05) is 23.7 Å². The van der Waals surface area contributed by atoms with Gasteiger partial charge in [0.1, 0.15) is 5.75 Å². The van der Waals surface area contributed by atoms with Gasteiger partial charge in [-0.3, -0.25) is 4.79 Å². The van der Waals surface area contributed by atoms with Gasteiger partial charge in [0.05, 0.1) is 23.5 Å². The molecule has 3 rings (SSSR count). The van der Waals surface area contributed by atoms with Crippen molar-refractivity contribution in [2.24, 2.45) is 5.92 Å². The molecule has 30 heavy (non-hydrogen) atoms. The maximum absolute atomic E-state index is 12.9. The predicted octanol–water partition coefficient (Wildman–Crippen LogP) is 4.02. The fourth-order valence-electron chi connectivity index (χ4n) is 3.59. The molecule has 1 N–H and O–H groups in total. The smallest absolute Gasteiger partial charge is 0.243 e. The number of sulfonamides is 1. The van der Waals surface area contributed by atoms with Gasteiger partial charge >= 0.3 is 0 Å². The molecular formula is C22H27ClN2O4S. The lowest BCUT2D eigenvalue weighted by Crippen LogP contribution is -2.45. The van der Waals surface area contributed by atoms with Crippen molar-refractivity contribution in [1.29, 1.82) is 0 Å². The summed E-state index contributed by atoms with van der Waals surface area (Å²) in [6.45, 7) is 4.98. The van der Waals surface area contributed by atoms with E-state index in [9.17, 15) is 13.2 Å². The van der Waals surface area contributed by atoms with Crippen molar-refractivity contribution in [2.45, 2.75) is 37.6 Å². The Morgan fingerprint density at radius 2 is 2.00 bits per heavy atom. The zero-order chi connectivity index (χ0) is 21.7. The molecule has 1 fully saturated rings. The molecule has 1 aliphatic heterocycles. The van der Waals surface area contributed by atoms with Crippen molar-refractivity contribution in [3.8, 4) is 5.75 Å². The van der Waals surface area contributed by atoms with Gasteiger partial charge in [0.15, 0.2) is 0 Å². The van der Waals surface area contributed by atoms with Crippen LogP contribution >= 0.6 is 11.6 Å². The number of amides is 1. The van der Waals surface area contributed by atoms with Gasteiger partial charge in [0, 0.05) is 18.1 Å². The van der Waals surface area contributed by atoms with Gasteiger partial charge in [-0.2, -0.15) is 4.31 Å². The van der Waals surface area contributed by atoms with Crippen molar-refractivity contribution in [3.63, 3.8) is 0 Å². The lowest BCUT2D eigenvalue weighted by atomic mass is 9.98. The summed E-state index contributed by atoms with van der Waals surface area (Å²) in [6, 6.07) is 13.5. The average Bonchev–Trinajstić information content (AvgIpc) is 2.74. The van der Waals surface area contributed by atoms with E-state index in [0.717, 1.165) is 11.3 Å². The molecule has 0 bridgehead atoms.